The molecule has 0 aliphatic heterocycles. The number of benzene rings is 3. The Morgan fingerprint density at radius 2 is 1.50 bits per heavy atom. The van der Waals surface area contributed by atoms with Crippen LogP contribution in [0.2, 0.25) is 0 Å². The standard InChI is InChI=1S/C25H21N3/c1-27(2)20-14-12-18(13-15-20)16-22-21-10-6-7-11-24(21)28-25(22)17-23(26-28)19-8-4-3-5-9-19/h3-17H,1-2H3. The predicted molar refractivity (Wildman–Crippen MR) is 118 cm³/mol. The predicted octanol–water partition coefficient (Wildman–Crippen LogP) is 4.77. The molecule has 0 saturated carbocycles. The summed E-state index contributed by atoms with van der Waals surface area (Å²) >= 11 is 0. The average Bonchev–Trinajstić information content (AvgIpc) is 3.28. The summed E-state index contributed by atoms with van der Waals surface area (Å²) in [4.78, 5) is 2.11. The normalized spacial score (nSPS) is 12.1. The molecule has 136 valence electrons. The van der Waals surface area contributed by atoms with Gasteiger partial charge in [-0.15, -0.1) is 0 Å². The van der Waals surface area contributed by atoms with E-state index in [0.29, 0.717) is 0 Å². The third-order valence-corrected chi connectivity index (χ3v) is 5.20. The molecular weight excluding hydrogens is 342 g/mol. The molecule has 0 unspecified atom stereocenters. The van der Waals surface area contributed by atoms with Crippen LogP contribution in [0.5, 0.6) is 0 Å². The van der Waals surface area contributed by atoms with Gasteiger partial charge in [0.15, 0.2) is 0 Å². The summed E-state index contributed by atoms with van der Waals surface area (Å²) in [6.07, 6.45) is 2.26. The fraction of sp³-hybridized carbons (Fsp3) is 0.0800. The molecule has 0 aliphatic carbocycles. The summed E-state index contributed by atoms with van der Waals surface area (Å²) < 4.78 is 2.07. The van der Waals surface area contributed by atoms with Crippen molar-refractivity contribution in [3.8, 4) is 11.3 Å². The summed E-state index contributed by atoms with van der Waals surface area (Å²) in [6.45, 7) is 0. The third-order valence-electron chi connectivity index (χ3n) is 5.20. The van der Waals surface area contributed by atoms with Crippen LogP contribution in [0.4, 0.5) is 5.69 Å². The van der Waals surface area contributed by atoms with E-state index < -0.39 is 0 Å². The van der Waals surface area contributed by atoms with Gasteiger partial charge in [0, 0.05) is 36.0 Å². The maximum atomic E-state index is 4.90. The highest BCUT2D eigenvalue weighted by Crippen LogP contribution is 2.23. The van der Waals surface area contributed by atoms with Gasteiger partial charge in [0.2, 0.25) is 0 Å². The van der Waals surface area contributed by atoms with Crippen molar-refractivity contribution < 1.29 is 0 Å². The zero-order chi connectivity index (χ0) is 19.1. The maximum absolute atomic E-state index is 4.90. The molecule has 0 bridgehead atoms. The van der Waals surface area contributed by atoms with Gasteiger partial charge in [0.1, 0.15) is 0 Å². The number of anilines is 1. The Balaban J connectivity index is 1.75. The molecule has 0 spiro atoms. The minimum Gasteiger partial charge on any atom is -0.378 e. The van der Waals surface area contributed by atoms with E-state index in [9.17, 15) is 0 Å². The first-order valence-corrected chi connectivity index (χ1v) is 9.45. The summed E-state index contributed by atoms with van der Waals surface area (Å²) in [5, 5.41) is 7.34. The smallest absolute Gasteiger partial charge is 0.0934 e. The van der Waals surface area contributed by atoms with E-state index in [4.69, 9.17) is 5.10 Å². The van der Waals surface area contributed by atoms with Crippen molar-refractivity contribution in [2.24, 2.45) is 0 Å². The lowest BCUT2D eigenvalue weighted by Gasteiger charge is -2.11. The Morgan fingerprint density at radius 3 is 2.25 bits per heavy atom. The van der Waals surface area contributed by atoms with Gasteiger partial charge in [-0.3, -0.25) is 0 Å². The second-order valence-electron chi connectivity index (χ2n) is 7.25. The monoisotopic (exact) mass is 363 g/mol. The van der Waals surface area contributed by atoms with Gasteiger partial charge in [-0.1, -0.05) is 60.7 Å². The first-order valence-electron chi connectivity index (χ1n) is 9.45. The van der Waals surface area contributed by atoms with Crippen LogP contribution < -0.4 is 10.1 Å². The molecule has 5 aromatic rings. The fourth-order valence-corrected chi connectivity index (χ4v) is 3.72. The van der Waals surface area contributed by atoms with Crippen molar-refractivity contribution in [2.75, 3.05) is 19.0 Å². The van der Waals surface area contributed by atoms with Crippen molar-refractivity contribution in [3.63, 3.8) is 0 Å². The molecule has 0 amide bonds. The van der Waals surface area contributed by atoms with Crippen LogP contribution in [-0.2, 0) is 0 Å². The summed E-state index contributed by atoms with van der Waals surface area (Å²) in [7, 11) is 4.12. The van der Waals surface area contributed by atoms with Gasteiger partial charge < -0.3 is 4.90 Å². The lowest BCUT2D eigenvalue weighted by Crippen LogP contribution is -2.08. The van der Waals surface area contributed by atoms with Gasteiger partial charge in [-0.05, 0) is 35.9 Å². The Bertz CT molecular complexity index is 1310. The number of hydrogen-bond acceptors (Lipinski definition) is 2. The van der Waals surface area contributed by atoms with E-state index in [1.165, 1.54) is 21.9 Å². The van der Waals surface area contributed by atoms with E-state index in [0.717, 1.165) is 22.3 Å². The van der Waals surface area contributed by atoms with Gasteiger partial charge in [0.05, 0.1) is 16.7 Å². The number of fused-ring (bicyclic) bond motifs is 3. The molecule has 2 heterocycles. The topological polar surface area (TPSA) is 20.5 Å². The lowest BCUT2D eigenvalue weighted by atomic mass is 10.1. The van der Waals surface area contributed by atoms with Crippen LogP contribution in [0.1, 0.15) is 5.56 Å². The van der Waals surface area contributed by atoms with Crippen LogP contribution in [0.15, 0.2) is 84.9 Å². The van der Waals surface area contributed by atoms with E-state index in [1.807, 2.05) is 6.07 Å². The molecular formula is C25H21N3. The van der Waals surface area contributed by atoms with Crippen molar-refractivity contribution in [2.45, 2.75) is 0 Å². The van der Waals surface area contributed by atoms with E-state index in [1.54, 1.807) is 0 Å². The highest BCUT2D eigenvalue weighted by molar-refractivity contribution is 5.91. The van der Waals surface area contributed by atoms with Crippen molar-refractivity contribution in [1.29, 1.82) is 0 Å². The molecule has 3 nitrogen and oxygen atoms in total. The SMILES string of the molecule is CN(C)c1ccc(C=c2c3ccccc3n3nc(-c4ccccc4)cc23)cc1. The first kappa shape index (κ1) is 16.6. The number of rotatable bonds is 3. The third kappa shape index (κ3) is 2.72. The molecule has 0 N–H and O–H groups in total. The number of nitrogens with zero attached hydrogens (tertiary/aromatic N) is 3. The van der Waals surface area contributed by atoms with Crippen molar-refractivity contribution in [3.05, 3.63) is 95.7 Å². The zero-order valence-corrected chi connectivity index (χ0v) is 16.0. The van der Waals surface area contributed by atoms with Gasteiger partial charge >= 0.3 is 0 Å². The fourth-order valence-electron chi connectivity index (χ4n) is 3.72. The Kier molecular flexibility index (Phi) is 3.87. The molecule has 3 heteroatoms. The minimum absolute atomic E-state index is 0.999. The molecule has 5 rings (SSSR count). The summed E-state index contributed by atoms with van der Waals surface area (Å²) in [5.41, 5.74) is 6.79. The van der Waals surface area contributed by atoms with Crippen LogP contribution in [0.25, 0.3) is 33.8 Å². The van der Waals surface area contributed by atoms with Gasteiger partial charge in [0.25, 0.3) is 0 Å². The number of aromatic nitrogens is 2. The molecule has 0 aliphatic rings. The summed E-state index contributed by atoms with van der Waals surface area (Å²) in [6, 6.07) is 29.6. The number of hydrogen-bond donors (Lipinski definition) is 0. The van der Waals surface area contributed by atoms with Crippen LogP contribution in [0.3, 0.4) is 0 Å². The quantitative estimate of drug-likeness (QED) is 0.460. The number of para-hydroxylation sites is 1. The van der Waals surface area contributed by atoms with Crippen molar-refractivity contribution >= 4 is 28.2 Å². The van der Waals surface area contributed by atoms with Gasteiger partial charge in [-0.2, -0.15) is 5.10 Å². The molecule has 28 heavy (non-hydrogen) atoms. The van der Waals surface area contributed by atoms with Crippen LogP contribution >= 0.6 is 0 Å². The zero-order valence-electron chi connectivity index (χ0n) is 16.0. The van der Waals surface area contributed by atoms with Crippen LogP contribution in [-0.4, -0.2) is 23.7 Å². The minimum atomic E-state index is 0.999. The highest BCUT2D eigenvalue weighted by atomic mass is 15.2. The molecule has 0 saturated heterocycles. The second-order valence-corrected chi connectivity index (χ2v) is 7.25. The Morgan fingerprint density at radius 1 is 0.786 bits per heavy atom. The van der Waals surface area contributed by atoms with Crippen molar-refractivity contribution in [1.82, 2.24) is 9.61 Å². The van der Waals surface area contributed by atoms with Crippen LogP contribution in [0, 0.1) is 0 Å². The molecule has 2 aromatic heterocycles. The van der Waals surface area contributed by atoms with E-state index >= 15 is 0 Å². The van der Waals surface area contributed by atoms with E-state index in [2.05, 4.69) is 108 Å². The van der Waals surface area contributed by atoms with E-state index in [-0.39, 0.29) is 0 Å². The maximum Gasteiger partial charge on any atom is 0.0934 e. The molecule has 3 aromatic carbocycles. The highest BCUT2D eigenvalue weighted by Gasteiger charge is 2.12. The van der Waals surface area contributed by atoms with Gasteiger partial charge in [-0.25, -0.2) is 4.52 Å². The Labute approximate surface area is 164 Å². The largest absolute Gasteiger partial charge is 0.378 e. The molecule has 0 radical (unpaired) electrons. The lowest BCUT2D eigenvalue weighted by molar-refractivity contribution is 1.02. The average molecular weight is 363 g/mol. The summed E-state index contributed by atoms with van der Waals surface area (Å²) in [5.74, 6) is 0. The molecule has 0 fully saturated rings. The molecule has 0 atom stereocenters. The Hall–Kier alpha value is -3.59. The second kappa shape index (κ2) is 6.54. The first-order chi connectivity index (χ1) is 13.7.